The number of hydrogen-bond acceptors (Lipinski definition) is 6. The monoisotopic (exact) mass is 273 g/mol. The molecule has 1 heterocycles. The fourth-order valence-corrected chi connectivity index (χ4v) is 2.31. The van der Waals surface area contributed by atoms with E-state index in [0.29, 0.717) is 11.3 Å². The van der Waals surface area contributed by atoms with Gasteiger partial charge in [-0.1, -0.05) is 32.5 Å². The lowest BCUT2D eigenvalue weighted by Crippen LogP contribution is -2.27. The van der Waals surface area contributed by atoms with E-state index in [1.54, 1.807) is 18.9 Å². The van der Waals surface area contributed by atoms with Crippen LogP contribution in [0, 0.1) is 0 Å². The van der Waals surface area contributed by atoms with Crippen LogP contribution in [0.2, 0.25) is 0 Å². The second-order valence-electron chi connectivity index (χ2n) is 4.50. The molecule has 1 aromatic rings. The van der Waals surface area contributed by atoms with Crippen molar-refractivity contribution in [1.82, 2.24) is 25.5 Å². The number of tetrazole rings is 1. The van der Waals surface area contributed by atoms with Gasteiger partial charge in [0.05, 0.1) is 6.54 Å². The Morgan fingerprint density at radius 1 is 1.39 bits per heavy atom. The number of methoxy groups -OCH3 is 1. The maximum atomic E-state index is 5.07. The molecule has 0 bridgehead atoms. The minimum Gasteiger partial charge on any atom is -0.385 e. The first-order valence-corrected chi connectivity index (χ1v) is 7.16. The lowest BCUT2D eigenvalue weighted by Gasteiger charge is -2.11. The van der Waals surface area contributed by atoms with Gasteiger partial charge >= 0.3 is 0 Å². The minimum atomic E-state index is 0.452. The quantitative estimate of drug-likeness (QED) is 0.682. The molecule has 6 nitrogen and oxygen atoms in total. The molecule has 0 amide bonds. The van der Waals surface area contributed by atoms with Gasteiger partial charge in [-0.05, 0) is 16.8 Å². The van der Waals surface area contributed by atoms with E-state index in [2.05, 4.69) is 41.6 Å². The van der Waals surface area contributed by atoms with Gasteiger partial charge in [-0.15, -0.1) is 5.10 Å². The molecule has 1 unspecified atom stereocenters. The summed E-state index contributed by atoms with van der Waals surface area (Å²) in [5.74, 6) is 0. The van der Waals surface area contributed by atoms with E-state index >= 15 is 0 Å². The van der Waals surface area contributed by atoms with Crippen molar-refractivity contribution in [3.05, 3.63) is 0 Å². The van der Waals surface area contributed by atoms with Crippen molar-refractivity contribution in [3.63, 3.8) is 0 Å². The van der Waals surface area contributed by atoms with E-state index in [9.17, 15) is 0 Å². The van der Waals surface area contributed by atoms with E-state index in [-0.39, 0.29) is 0 Å². The summed E-state index contributed by atoms with van der Waals surface area (Å²) in [6, 6.07) is 0.484. The topological polar surface area (TPSA) is 64.9 Å². The van der Waals surface area contributed by atoms with Gasteiger partial charge in [0.1, 0.15) is 0 Å². The van der Waals surface area contributed by atoms with Crippen molar-refractivity contribution < 1.29 is 4.74 Å². The maximum Gasteiger partial charge on any atom is 0.209 e. The molecule has 0 fully saturated rings. The van der Waals surface area contributed by atoms with E-state index in [1.165, 1.54) is 0 Å². The molecular weight excluding hydrogens is 250 g/mol. The van der Waals surface area contributed by atoms with Gasteiger partial charge in [-0.3, -0.25) is 0 Å². The average molecular weight is 273 g/mol. The summed E-state index contributed by atoms with van der Waals surface area (Å²) in [5, 5.41) is 16.5. The summed E-state index contributed by atoms with van der Waals surface area (Å²) in [4.78, 5) is 0. The van der Waals surface area contributed by atoms with Crippen molar-refractivity contribution in [3.8, 4) is 0 Å². The third-order valence-corrected chi connectivity index (χ3v) is 3.55. The number of aromatic nitrogens is 4. The first-order chi connectivity index (χ1) is 8.63. The first kappa shape index (κ1) is 15.4. The molecule has 1 atom stereocenters. The Hall–Kier alpha value is -0.660. The molecule has 1 aromatic heterocycles. The Balaban J connectivity index is 2.39. The molecular formula is C11H23N5OS. The normalized spacial score (nSPS) is 13.2. The van der Waals surface area contributed by atoms with Crippen LogP contribution >= 0.6 is 11.8 Å². The summed E-state index contributed by atoms with van der Waals surface area (Å²) < 4.78 is 6.92. The zero-order chi connectivity index (χ0) is 13.4. The Kier molecular flexibility index (Phi) is 7.22. The summed E-state index contributed by atoms with van der Waals surface area (Å²) >= 11 is 1.69. The largest absolute Gasteiger partial charge is 0.385 e. The molecule has 0 saturated carbocycles. The Labute approximate surface area is 113 Å². The number of nitrogens with one attached hydrogen (secondary N) is 1. The predicted octanol–water partition coefficient (Wildman–Crippen LogP) is 1.19. The van der Waals surface area contributed by atoms with Gasteiger partial charge in [-0.2, -0.15) is 0 Å². The Morgan fingerprint density at radius 3 is 2.83 bits per heavy atom. The summed E-state index contributed by atoms with van der Waals surface area (Å²) in [5.41, 5.74) is 0. The summed E-state index contributed by atoms with van der Waals surface area (Å²) in [6.45, 7) is 8.86. The fraction of sp³-hybridized carbons (Fsp3) is 0.909. The van der Waals surface area contributed by atoms with Gasteiger partial charge in [0.15, 0.2) is 0 Å². The second-order valence-corrected chi connectivity index (χ2v) is 5.91. The van der Waals surface area contributed by atoms with Crippen LogP contribution in [0.5, 0.6) is 0 Å². The van der Waals surface area contributed by atoms with Crippen LogP contribution in [0.4, 0.5) is 0 Å². The molecule has 104 valence electrons. The van der Waals surface area contributed by atoms with Gasteiger partial charge in [-0.25, -0.2) is 4.68 Å². The van der Waals surface area contributed by atoms with E-state index in [1.807, 2.05) is 4.68 Å². The van der Waals surface area contributed by atoms with Crippen molar-refractivity contribution in [2.24, 2.45) is 0 Å². The zero-order valence-electron chi connectivity index (χ0n) is 11.6. The molecule has 0 spiro atoms. The van der Waals surface area contributed by atoms with Crippen LogP contribution in [0.25, 0.3) is 0 Å². The highest BCUT2D eigenvalue weighted by atomic mass is 32.2. The first-order valence-electron chi connectivity index (χ1n) is 6.28. The van der Waals surface area contributed by atoms with Gasteiger partial charge in [0, 0.05) is 31.6 Å². The molecule has 1 rings (SSSR count). The molecule has 0 aliphatic heterocycles. The highest BCUT2D eigenvalue weighted by Crippen LogP contribution is 2.22. The van der Waals surface area contributed by atoms with Crippen LogP contribution in [-0.2, 0) is 11.3 Å². The maximum absolute atomic E-state index is 5.07. The van der Waals surface area contributed by atoms with Crippen LogP contribution in [-0.4, -0.2) is 51.8 Å². The van der Waals surface area contributed by atoms with Crippen molar-refractivity contribution in [2.45, 2.75) is 50.2 Å². The molecule has 7 heteroatoms. The summed E-state index contributed by atoms with van der Waals surface area (Å²) in [7, 11) is 1.72. The van der Waals surface area contributed by atoms with Gasteiger partial charge in [0.25, 0.3) is 0 Å². The smallest absolute Gasteiger partial charge is 0.209 e. The Bertz CT molecular complexity index is 331. The van der Waals surface area contributed by atoms with Gasteiger partial charge < -0.3 is 10.1 Å². The standard InChI is InChI=1S/C11H23N5OS/c1-9(2)12-6-7-16-11(13-14-15-16)18-10(3)5-8-17-4/h9-10,12H,5-8H2,1-4H3. The van der Waals surface area contributed by atoms with Crippen molar-refractivity contribution in [2.75, 3.05) is 20.3 Å². The molecule has 0 aliphatic carbocycles. The molecule has 0 radical (unpaired) electrons. The number of nitrogens with zero attached hydrogens (tertiary/aromatic N) is 4. The highest BCUT2D eigenvalue weighted by molar-refractivity contribution is 7.99. The zero-order valence-corrected chi connectivity index (χ0v) is 12.4. The molecule has 0 aliphatic rings. The SMILES string of the molecule is COCCC(C)Sc1nnnn1CCNC(C)C. The lowest BCUT2D eigenvalue weighted by atomic mass is 10.3. The summed E-state index contributed by atoms with van der Waals surface area (Å²) in [6.07, 6.45) is 0.998. The van der Waals surface area contributed by atoms with E-state index < -0.39 is 0 Å². The molecule has 1 N–H and O–H groups in total. The number of ether oxygens (including phenoxy) is 1. The van der Waals surface area contributed by atoms with E-state index in [0.717, 1.165) is 31.3 Å². The highest BCUT2D eigenvalue weighted by Gasteiger charge is 2.11. The number of rotatable bonds is 9. The lowest BCUT2D eigenvalue weighted by molar-refractivity contribution is 0.195. The van der Waals surface area contributed by atoms with Crippen LogP contribution in [0.1, 0.15) is 27.2 Å². The Morgan fingerprint density at radius 2 is 2.17 bits per heavy atom. The minimum absolute atomic E-state index is 0.452. The third-order valence-electron chi connectivity index (χ3n) is 2.41. The fourth-order valence-electron chi connectivity index (χ4n) is 1.40. The van der Waals surface area contributed by atoms with Crippen LogP contribution < -0.4 is 5.32 Å². The number of thioether (sulfide) groups is 1. The van der Waals surface area contributed by atoms with Crippen molar-refractivity contribution >= 4 is 11.8 Å². The predicted molar refractivity (Wildman–Crippen MR) is 72.8 cm³/mol. The molecule has 0 aromatic carbocycles. The number of hydrogen-bond donors (Lipinski definition) is 1. The van der Waals surface area contributed by atoms with Gasteiger partial charge in [0.2, 0.25) is 5.16 Å². The van der Waals surface area contributed by atoms with Crippen LogP contribution in [0.15, 0.2) is 5.16 Å². The van der Waals surface area contributed by atoms with Crippen molar-refractivity contribution in [1.29, 1.82) is 0 Å². The third kappa shape index (κ3) is 5.79. The molecule has 0 saturated heterocycles. The average Bonchev–Trinajstić information content (AvgIpc) is 2.73. The van der Waals surface area contributed by atoms with E-state index in [4.69, 9.17) is 4.74 Å². The molecule has 18 heavy (non-hydrogen) atoms. The second kappa shape index (κ2) is 8.44. The van der Waals surface area contributed by atoms with Crippen LogP contribution in [0.3, 0.4) is 0 Å².